The van der Waals surface area contributed by atoms with Gasteiger partial charge in [0, 0.05) is 45.0 Å². The molecule has 3 aromatic heterocycles. The van der Waals surface area contributed by atoms with Gasteiger partial charge < -0.3 is 20.5 Å². The maximum Gasteiger partial charge on any atom is 0.319 e. The Hall–Kier alpha value is -3.52. The highest BCUT2D eigenvalue weighted by atomic mass is 35.5. The molecule has 2 amide bonds. The predicted molar refractivity (Wildman–Crippen MR) is 123 cm³/mol. The summed E-state index contributed by atoms with van der Waals surface area (Å²) in [5.41, 5.74) is 10.5. The zero-order chi connectivity index (χ0) is 21.7. The van der Waals surface area contributed by atoms with Crippen LogP contribution in [0.3, 0.4) is 0 Å². The van der Waals surface area contributed by atoms with E-state index in [4.69, 9.17) is 22.3 Å². The number of nitrogens with two attached hydrogens (primary N) is 1. The van der Waals surface area contributed by atoms with Crippen molar-refractivity contribution in [2.45, 2.75) is 6.42 Å². The van der Waals surface area contributed by atoms with Crippen molar-refractivity contribution < 1.29 is 4.79 Å². The van der Waals surface area contributed by atoms with Gasteiger partial charge in [0.05, 0.1) is 16.2 Å². The van der Waals surface area contributed by atoms with Crippen LogP contribution in [0.4, 0.5) is 10.6 Å². The summed E-state index contributed by atoms with van der Waals surface area (Å²) in [6, 6.07) is 7.80. The lowest BCUT2D eigenvalue weighted by molar-refractivity contribution is 0.176. The molecule has 0 unspecified atom stereocenters. The summed E-state index contributed by atoms with van der Waals surface area (Å²) in [7, 11) is 3.52. The normalized spacial score (nSPS) is 14.3. The van der Waals surface area contributed by atoms with Crippen molar-refractivity contribution in [1.82, 2.24) is 29.2 Å². The number of halogens is 1. The number of nitrogens with one attached hydrogen (secondary N) is 1. The van der Waals surface area contributed by atoms with Crippen molar-refractivity contribution in [2.75, 3.05) is 32.9 Å². The minimum Gasteiger partial charge on any atom is -0.382 e. The zero-order valence-corrected chi connectivity index (χ0v) is 18.0. The number of urea groups is 1. The van der Waals surface area contributed by atoms with E-state index in [0.29, 0.717) is 30.4 Å². The minimum atomic E-state index is 0.00682. The molecular formula is C22H22ClN7O. The lowest BCUT2D eigenvalue weighted by atomic mass is 10.1. The molecule has 3 N–H and O–H groups in total. The number of para-hydroxylation sites is 1. The van der Waals surface area contributed by atoms with E-state index < -0.39 is 0 Å². The van der Waals surface area contributed by atoms with Crippen LogP contribution in [-0.2, 0) is 0 Å². The topological polar surface area (TPSA) is 95.5 Å². The molecule has 1 aliphatic heterocycles. The van der Waals surface area contributed by atoms with Crippen LogP contribution in [-0.4, -0.2) is 62.4 Å². The van der Waals surface area contributed by atoms with Crippen LogP contribution in [0.2, 0.25) is 5.02 Å². The van der Waals surface area contributed by atoms with E-state index in [1.807, 2.05) is 39.8 Å². The van der Waals surface area contributed by atoms with E-state index in [-0.39, 0.29) is 6.03 Å². The number of carbonyl (C=O) groups is 1. The van der Waals surface area contributed by atoms with Gasteiger partial charge in [-0.05, 0) is 24.1 Å². The van der Waals surface area contributed by atoms with Gasteiger partial charge in [-0.15, -0.1) is 0 Å². The highest BCUT2D eigenvalue weighted by Gasteiger charge is 2.24. The molecule has 31 heavy (non-hydrogen) atoms. The fraction of sp³-hybridized carbons (Fsp3) is 0.227. The summed E-state index contributed by atoms with van der Waals surface area (Å²) in [5.74, 6) is 1.21. The molecule has 1 aromatic carbocycles. The minimum absolute atomic E-state index is 0.00682. The Labute approximate surface area is 183 Å². The number of H-pyrrole nitrogens is 1. The van der Waals surface area contributed by atoms with Crippen molar-refractivity contribution in [1.29, 1.82) is 0 Å². The van der Waals surface area contributed by atoms with Gasteiger partial charge in [0.15, 0.2) is 0 Å². The van der Waals surface area contributed by atoms with E-state index >= 15 is 0 Å². The number of hydrogen-bond donors (Lipinski definition) is 2. The van der Waals surface area contributed by atoms with Crippen LogP contribution in [0.15, 0.2) is 42.7 Å². The Morgan fingerprint density at radius 1 is 1.32 bits per heavy atom. The second kappa shape index (κ2) is 7.31. The summed E-state index contributed by atoms with van der Waals surface area (Å²) in [5, 5.41) is 1.65. The fourth-order valence-electron chi connectivity index (χ4n) is 4.05. The second-order valence-corrected chi connectivity index (χ2v) is 8.21. The maximum absolute atomic E-state index is 12.3. The van der Waals surface area contributed by atoms with Gasteiger partial charge in [0.25, 0.3) is 0 Å². The molecule has 0 spiro atoms. The van der Waals surface area contributed by atoms with Gasteiger partial charge in [0.1, 0.15) is 22.9 Å². The zero-order valence-electron chi connectivity index (χ0n) is 17.3. The second-order valence-electron chi connectivity index (χ2n) is 7.80. The third-order valence-electron chi connectivity index (χ3n) is 5.59. The van der Waals surface area contributed by atoms with E-state index in [0.717, 1.165) is 39.2 Å². The molecule has 1 aliphatic rings. The largest absolute Gasteiger partial charge is 0.382 e. The Kier molecular flexibility index (Phi) is 4.59. The number of aromatic amines is 1. The van der Waals surface area contributed by atoms with Crippen LogP contribution in [0.5, 0.6) is 0 Å². The van der Waals surface area contributed by atoms with Gasteiger partial charge in [-0.3, -0.25) is 4.40 Å². The van der Waals surface area contributed by atoms with Gasteiger partial charge in [0.2, 0.25) is 0 Å². The summed E-state index contributed by atoms with van der Waals surface area (Å²) in [6.07, 6.45) is 6.30. The monoisotopic (exact) mass is 435 g/mol. The first-order valence-corrected chi connectivity index (χ1v) is 10.4. The van der Waals surface area contributed by atoms with Crippen LogP contribution in [0.25, 0.3) is 33.4 Å². The lowest BCUT2D eigenvalue weighted by Crippen LogP contribution is -2.41. The van der Waals surface area contributed by atoms with E-state index in [1.165, 1.54) is 0 Å². The summed E-state index contributed by atoms with van der Waals surface area (Å²) < 4.78 is 1.97. The Balaban J connectivity index is 1.62. The number of nitrogens with zero attached hydrogens (tertiary/aromatic N) is 5. The predicted octanol–water partition coefficient (Wildman–Crippen LogP) is 3.88. The number of amides is 2. The molecule has 4 aromatic rings. The smallest absolute Gasteiger partial charge is 0.319 e. The van der Waals surface area contributed by atoms with Crippen LogP contribution >= 0.6 is 11.6 Å². The average molecular weight is 436 g/mol. The van der Waals surface area contributed by atoms with Gasteiger partial charge in [-0.2, -0.15) is 0 Å². The van der Waals surface area contributed by atoms with Crippen molar-refractivity contribution in [2.24, 2.45) is 0 Å². The Morgan fingerprint density at radius 2 is 2.16 bits per heavy atom. The number of hydrogen-bond acceptors (Lipinski definition) is 4. The summed E-state index contributed by atoms with van der Waals surface area (Å²) >= 11 is 6.36. The first-order valence-electron chi connectivity index (χ1n) is 10.00. The number of anilines is 1. The maximum atomic E-state index is 12.3. The molecule has 0 saturated carbocycles. The van der Waals surface area contributed by atoms with Gasteiger partial charge >= 0.3 is 6.03 Å². The summed E-state index contributed by atoms with van der Waals surface area (Å²) in [6.45, 7) is 1.18. The number of carbonyl (C=O) groups excluding carboxylic acids is 1. The standard InChI is InChI=1S/C22H22ClN7O/c1-28(2)22(31)29-9-6-13(7-10-29)21-27-18(19-20(24)25-8-11-30(19)21)16-12-14-4-3-5-15(23)17(14)26-16/h3-6,8,11-12,26H,7,9-10H2,1-2H3,(H2,24,25). The third-order valence-corrected chi connectivity index (χ3v) is 5.91. The van der Waals surface area contributed by atoms with E-state index in [1.54, 1.807) is 25.2 Å². The lowest BCUT2D eigenvalue weighted by Gasteiger charge is -2.28. The first kappa shape index (κ1) is 19.4. The van der Waals surface area contributed by atoms with E-state index in [9.17, 15) is 4.79 Å². The SMILES string of the molecule is CN(C)C(=O)N1CC=C(c2nc(-c3cc4cccc(Cl)c4[nH]3)c3c(N)nccn23)CC1. The highest BCUT2D eigenvalue weighted by Crippen LogP contribution is 2.34. The van der Waals surface area contributed by atoms with Crippen molar-refractivity contribution >= 4 is 45.4 Å². The molecule has 4 heterocycles. The molecular weight excluding hydrogens is 414 g/mol. The first-order chi connectivity index (χ1) is 14.9. The fourth-order valence-corrected chi connectivity index (χ4v) is 4.28. The number of rotatable bonds is 2. The van der Waals surface area contributed by atoms with Crippen LogP contribution in [0, 0.1) is 0 Å². The molecule has 9 heteroatoms. The van der Waals surface area contributed by atoms with Gasteiger partial charge in [-0.1, -0.05) is 29.8 Å². The van der Waals surface area contributed by atoms with Crippen LogP contribution in [0.1, 0.15) is 12.2 Å². The average Bonchev–Trinajstić information content (AvgIpc) is 3.37. The molecule has 0 radical (unpaired) electrons. The molecule has 158 valence electrons. The molecule has 0 atom stereocenters. The molecule has 0 saturated heterocycles. The Bertz CT molecular complexity index is 1350. The van der Waals surface area contributed by atoms with E-state index in [2.05, 4.69) is 16.0 Å². The van der Waals surface area contributed by atoms with Crippen molar-refractivity contribution in [3.63, 3.8) is 0 Å². The number of fused-ring (bicyclic) bond motifs is 2. The Morgan fingerprint density at radius 3 is 2.87 bits per heavy atom. The third kappa shape index (κ3) is 3.19. The van der Waals surface area contributed by atoms with Crippen molar-refractivity contribution in [3.8, 4) is 11.4 Å². The molecule has 0 aliphatic carbocycles. The molecule has 5 rings (SSSR count). The highest BCUT2D eigenvalue weighted by molar-refractivity contribution is 6.35. The number of nitrogen functional groups attached to an aromatic ring is 1. The summed E-state index contributed by atoms with van der Waals surface area (Å²) in [4.78, 5) is 28.3. The molecule has 0 bridgehead atoms. The van der Waals surface area contributed by atoms with Gasteiger partial charge in [-0.25, -0.2) is 14.8 Å². The number of benzene rings is 1. The number of imidazole rings is 1. The quantitative estimate of drug-likeness (QED) is 0.499. The number of aromatic nitrogens is 4. The van der Waals surface area contributed by atoms with Crippen LogP contribution < -0.4 is 5.73 Å². The molecule has 8 nitrogen and oxygen atoms in total. The van der Waals surface area contributed by atoms with Crippen molar-refractivity contribution in [3.05, 3.63) is 53.6 Å². The molecule has 0 fully saturated rings.